The summed E-state index contributed by atoms with van der Waals surface area (Å²) in [5, 5.41) is 15.9. The van der Waals surface area contributed by atoms with E-state index in [-0.39, 0.29) is 18.8 Å². The Hall–Kier alpha value is -5.98. The lowest BCUT2D eigenvalue weighted by molar-refractivity contribution is -0.173. The van der Waals surface area contributed by atoms with Crippen molar-refractivity contribution in [1.82, 2.24) is 24.9 Å². The van der Waals surface area contributed by atoms with Crippen molar-refractivity contribution in [2.45, 2.75) is 89.4 Å². The number of nitriles is 1. The predicted octanol–water partition coefficient (Wildman–Crippen LogP) is 5.84. The van der Waals surface area contributed by atoms with E-state index in [1.54, 1.807) is 45.1 Å². The van der Waals surface area contributed by atoms with Crippen molar-refractivity contribution in [3.63, 3.8) is 0 Å². The number of aromatic nitrogens is 2. The van der Waals surface area contributed by atoms with Crippen molar-refractivity contribution in [1.29, 1.82) is 5.26 Å². The number of halogens is 3. The van der Waals surface area contributed by atoms with Gasteiger partial charge in [0, 0.05) is 38.3 Å². The second-order valence-electron chi connectivity index (χ2n) is 15.9. The third kappa shape index (κ3) is 13.2. The van der Waals surface area contributed by atoms with Gasteiger partial charge >= 0.3 is 25.5 Å². The first-order chi connectivity index (χ1) is 32.3. The topological polar surface area (TPSA) is 222 Å². The van der Waals surface area contributed by atoms with Crippen LogP contribution in [0.3, 0.4) is 0 Å². The molecule has 18 nitrogen and oxygen atoms in total. The second-order valence-corrected chi connectivity index (χ2v) is 17.8. The van der Waals surface area contributed by atoms with Gasteiger partial charge in [-0.25, -0.2) is 14.0 Å². The fraction of sp³-hybridized carbons (Fsp3) is 0.435. The minimum Gasteiger partial charge on any atom is -0.497 e. The fourth-order valence-electron chi connectivity index (χ4n) is 7.73. The Balaban J connectivity index is 1.66. The van der Waals surface area contributed by atoms with Gasteiger partial charge in [0.1, 0.15) is 42.1 Å². The Morgan fingerprint density at radius 1 is 0.897 bits per heavy atom. The number of nitrogens with zero attached hydrogens (tertiary/aromatic N) is 4. The van der Waals surface area contributed by atoms with E-state index in [2.05, 4.69) is 15.6 Å². The molecule has 1 aliphatic rings. The zero-order chi connectivity index (χ0) is 49.6. The van der Waals surface area contributed by atoms with Crippen molar-refractivity contribution >= 4 is 31.3 Å². The molecule has 366 valence electrons. The van der Waals surface area contributed by atoms with Gasteiger partial charge in [0.2, 0.25) is 11.8 Å². The monoisotopic (exact) mass is 969 g/mol. The number of amides is 3. The van der Waals surface area contributed by atoms with Crippen LogP contribution in [-0.2, 0) is 47.8 Å². The van der Waals surface area contributed by atoms with E-state index < -0.39 is 106 Å². The van der Waals surface area contributed by atoms with Crippen molar-refractivity contribution in [3.05, 3.63) is 124 Å². The van der Waals surface area contributed by atoms with Gasteiger partial charge in [-0.1, -0.05) is 72.8 Å². The zero-order valence-corrected chi connectivity index (χ0v) is 39.2. The van der Waals surface area contributed by atoms with Gasteiger partial charge in [-0.3, -0.25) is 28.0 Å². The summed E-state index contributed by atoms with van der Waals surface area (Å²) in [5.74, 6) is -3.08. The number of hydrogen-bond acceptors (Lipinski definition) is 13. The predicted molar refractivity (Wildman–Crippen MR) is 241 cm³/mol. The normalized spacial score (nSPS) is 18.2. The Bertz CT molecular complexity index is 2410. The minimum absolute atomic E-state index is 0.0891. The number of nitrogens with one attached hydrogen (secondary N) is 3. The Morgan fingerprint density at radius 3 is 2.01 bits per heavy atom. The fourth-order valence-corrected chi connectivity index (χ4v) is 10.1. The summed E-state index contributed by atoms with van der Waals surface area (Å²) in [6, 6.07) is 28.2. The van der Waals surface area contributed by atoms with Gasteiger partial charge in [-0.05, 0) is 62.6 Å². The number of rotatable bonds is 23. The van der Waals surface area contributed by atoms with Crippen LogP contribution in [0.5, 0.6) is 5.75 Å². The summed E-state index contributed by atoms with van der Waals surface area (Å²) < 4.78 is 94.5. The number of carbonyl (C=O) groups excluding carboxylic acids is 3. The van der Waals surface area contributed by atoms with Crippen LogP contribution >= 0.6 is 7.75 Å². The van der Waals surface area contributed by atoms with Crippen LogP contribution in [0.2, 0.25) is 0 Å². The molecule has 3 amide bonds. The molecule has 1 aromatic heterocycles. The maximum atomic E-state index is 15.4. The van der Waals surface area contributed by atoms with Crippen molar-refractivity contribution in [2.75, 3.05) is 45.3 Å². The van der Waals surface area contributed by atoms with Crippen molar-refractivity contribution in [2.24, 2.45) is 0 Å². The van der Waals surface area contributed by atoms with Crippen LogP contribution in [0, 0.1) is 11.3 Å². The molecule has 5 rings (SSSR count). The Morgan fingerprint density at radius 2 is 1.49 bits per heavy atom. The average Bonchev–Trinajstić information content (AvgIpc) is 3.62. The highest BCUT2D eigenvalue weighted by molar-refractivity contribution is 7.51. The van der Waals surface area contributed by atoms with Gasteiger partial charge < -0.3 is 34.9 Å². The highest BCUT2D eigenvalue weighted by Crippen LogP contribution is 2.58. The van der Waals surface area contributed by atoms with E-state index in [4.69, 9.17) is 28.0 Å². The van der Waals surface area contributed by atoms with Gasteiger partial charge in [0.25, 0.3) is 0 Å². The molecular weight excluding hydrogens is 915 g/mol. The first kappa shape index (κ1) is 53.0. The number of ether oxygens (including phenoxy) is 4. The lowest BCUT2D eigenvalue weighted by Crippen LogP contribution is -2.45. The molecule has 0 saturated carbocycles. The molecule has 3 N–H and O–H groups in total. The Kier molecular flexibility index (Phi) is 18.6. The van der Waals surface area contributed by atoms with Crippen molar-refractivity contribution in [3.8, 4) is 11.8 Å². The number of benzene rings is 3. The van der Waals surface area contributed by atoms with Crippen molar-refractivity contribution < 1.29 is 60.1 Å². The standard InChI is InChI=1S/C46H55F3N7O11P/c1-30(2)56(31(3)4)68(61,65-27-13-23-50)67-40-37(28-64-45(33-14-9-7-10-15-33,34-16-11-8-12-17-34)35-18-20-36(62-6)21-19-35)66-42(55-26-22-38(53-32(5)57)54-44(55)60)41(40)63-29-39(58)51-24-25-52-43(59)46(47,48)49/h7-12,14-22,26,30-31,37,40-42H,13,24-25,27-29H2,1-6H3,(H,51,58)(H,52,59)(H,53,54,57,60)/t37-,40-,41-,42-,68?/m1/s1. The van der Waals surface area contributed by atoms with Crippen LogP contribution in [0.25, 0.3) is 0 Å². The smallest absolute Gasteiger partial charge is 0.471 e. The van der Waals surface area contributed by atoms with Gasteiger partial charge in [-0.2, -0.15) is 23.4 Å². The molecule has 1 saturated heterocycles. The molecule has 3 aromatic carbocycles. The third-order valence-electron chi connectivity index (χ3n) is 10.5. The summed E-state index contributed by atoms with van der Waals surface area (Å²) in [4.78, 5) is 54.3. The van der Waals surface area contributed by atoms with Crippen LogP contribution in [0.1, 0.15) is 64.0 Å². The summed E-state index contributed by atoms with van der Waals surface area (Å²) in [5.41, 5.74) is -0.315. The molecule has 0 radical (unpaired) electrons. The molecule has 2 heterocycles. The number of anilines is 1. The van der Waals surface area contributed by atoms with E-state index in [0.717, 1.165) is 4.57 Å². The first-order valence-electron chi connectivity index (χ1n) is 21.6. The average molecular weight is 970 g/mol. The molecule has 22 heteroatoms. The summed E-state index contributed by atoms with van der Waals surface area (Å²) >= 11 is 0. The molecule has 68 heavy (non-hydrogen) atoms. The zero-order valence-electron chi connectivity index (χ0n) is 38.3. The van der Waals surface area contributed by atoms with Gasteiger partial charge in [0.15, 0.2) is 6.23 Å². The van der Waals surface area contributed by atoms with Gasteiger partial charge in [0.05, 0.1) is 32.8 Å². The molecular formula is C46H55F3N7O11P. The summed E-state index contributed by atoms with van der Waals surface area (Å²) in [6.07, 6.45) is -9.97. The second kappa shape index (κ2) is 23.8. The van der Waals surface area contributed by atoms with Crippen LogP contribution in [0.15, 0.2) is 102 Å². The minimum atomic E-state index is -5.14. The molecule has 1 fully saturated rings. The quantitative estimate of drug-likeness (QED) is 0.0452. The molecule has 5 atom stereocenters. The maximum Gasteiger partial charge on any atom is 0.471 e. The van der Waals surface area contributed by atoms with Gasteiger partial charge in [-0.15, -0.1) is 0 Å². The number of carbonyl (C=O) groups is 3. The molecule has 4 aromatic rings. The highest BCUT2D eigenvalue weighted by atomic mass is 31.2. The molecule has 0 bridgehead atoms. The van der Waals surface area contributed by atoms with E-state index in [0.29, 0.717) is 22.4 Å². The van der Waals surface area contributed by atoms with E-state index in [1.165, 1.54) is 31.0 Å². The van der Waals surface area contributed by atoms with E-state index >= 15 is 4.57 Å². The first-order valence-corrected chi connectivity index (χ1v) is 23.1. The Labute approximate surface area is 391 Å². The molecule has 0 aliphatic carbocycles. The molecule has 1 unspecified atom stereocenters. The maximum absolute atomic E-state index is 15.4. The highest BCUT2D eigenvalue weighted by Gasteiger charge is 2.54. The summed E-state index contributed by atoms with van der Waals surface area (Å²) in [6.45, 7) is 5.74. The van der Waals surface area contributed by atoms with E-state index in [9.17, 15) is 37.6 Å². The number of methoxy groups -OCH3 is 1. The van der Waals surface area contributed by atoms with Crippen LogP contribution in [-0.4, -0.2) is 109 Å². The van der Waals surface area contributed by atoms with E-state index in [1.807, 2.05) is 78.9 Å². The largest absolute Gasteiger partial charge is 0.497 e. The summed E-state index contributed by atoms with van der Waals surface area (Å²) in [7, 11) is -2.98. The number of hydrogen-bond donors (Lipinski definition) is 3. The van der Waals surface area contributed by atoms with Crippen LogP contribution in [0.4, 0.5) is 19.0 Å². The van der Waals surface area contributed by atoms with Crippen LogP contribution < -0.4 is 26.4 Å². The third-order valence-corrected chi connectivity index (χ3v) is 13.0. The number of alkyl halides is 3. The lowest BCUT2D eigenvalue weighted by Gasteiger charge is -2.39. The SMILES string of the molecule is COc1ccc(C(OC[C@H]2O[C@@H](n3ccc(NC(C)=O)nc3=O)[C@H](OCC(=O)NCCNC(=O)C(F)(F)F)[C@@H]2OP(=O)(OCCC#N)N(C(C)C)C(C)C)(c2ccccc2)c2ccccc2)cc1. The molecule has 1 aliphatic heterocycles. The molecule has 0 spiro atoms. The lowest BCUT2D eigenvalue weighted by atomic mass is 9.80.